The van der Waals surface area contributed by atoms with Crippen LogP contribution < -0.4 is 34.6 Å². The number of para-hydroxylation sites is 2. The van der Waals surface area contributed by atoms with E-state index in [0.717, 1.165) is 95.5 Å². The van der Waals surface area contributed by atoms with Crippen molar-refractivity contribution < 1.29 is 33.4 Å². The van der Waals surface area contributed by atoms with Crippen LogP contribution in [0.3, 0.4) is 0 Å². The summed E-state index contributed by atoms with van der Waals surface area (Å²) >= 11 is 0. The van der Waals surface area contributed by atoms with Crippen LogP contribution in [0.25, 0.3) is 0 Å². The van der Waals surface area contributed by atoms with Crippen LogP contribution in [0.15, 0.2) is 91.0 Å². The van der Waals surface area contributed by atoms with Crippen molar-refractivity contribution in [1.82, 2.24) is 5.32 Å². The van der Waals surface area contributed by atoms with Gasteiger partial charge in [-0.3, -0.25) is 19.2 Å². The second-order valence-corrected chi connectivity index (χ2v) is 21.7. The van der Waals surface area contributed by atoms with Gasteiger partial charge >= 0.3 is 0 Å². The topological polar surface area (TPSA) is 127 Å². The number of nitrogens with one attached hydrogen (secondary N) is 2. The van der Waals surface area contributed by atoms with Gasteiger partial charge < -0.3 is 34.6 Å². The highest BCUT2D eigenvalue weighted by atomic mass is 33.1. The third-order valence-electron chi connectivity index (χ3n) is 13.2. The molecule has 67 heavy (non-hydrogen) atoms. The van der Waals surface area contributed by atoms with Crippen molar-refractivity contribution in [2.24, 2.45) is 0 Å². The number of fused-ring (bicyclic) bond motifs is 8. The lowest BCUT2D eigenvalue weighted by Gasteiger charge is -2.23. The van der Waals surface area contributed by atoms with Gasteiger partial charge in [-0.15, -0.1) is 0 Å². The number of ether oxygens (including phenoxy) is 3. The lowest BCUT2D eigenvalue weighted by Crippen LogP contribution is -2.36. The summed E-state index contributed by atoms with van der Waals surface area (Å²) in [5.41, 5.74) is 10.8. The molecule has 5 aromatic carbocycles. The van der Waals surface area contributed by atoms with E-state index in [2.05, 4.69) is 36.6 Å². The largest absolute Gasteiger partial charge is 0.493 e. The van der Waals surface area contributed by atoms with Crippen molar-refractivity contribution in [3.63, 3.8) is 0 Å². The summed E-state index contributed by atoms with van der Waals surface area (Å²) in [5.74, 6) is 2.44. The van der Waals surface area contributed by atoms with Crippen LogP contribution in [0.5, 0.6) is 17.2 Å². The van der Waals surface area contributed by atoms with E-state index in [9.17, 15) is 19.2 Å². The minimum Gasteiger partial charge on any atom is -0.493 e. The number of carbonyl (C=O) groups is 4. The van der Waals surface area contributed by atoms with Gasteiger partial charge in [0.1, 0.15) is 19.0 Å². The number of nitrogens with zero attached hydrogens (tertiary/aromatic N) is 2. The Kier molecular flexibility index (Phi) is 13.6. The molecule has 0 unspecified atom stereocenters. The van der Waals surface area contributed by atoms with Crippen molar-refractivity contribution in [1.29, 1.82) is 0 Å². The molecule has 13 heteroatoms. The van der Waals surface area contributed by atoms with E-state index in [0.29, 0.717) is 34.9 Å². The third-order valence-corrected chi connectivity index (χ3v) is 16.6. The Morgan fingerprint density at radius 1 is 0.716 bits per heavy atom. The second kappa shape index (κ2) is 19.7. The standard InChI is InChI=1S/C54H58N4O7S2/c1-33-21-43-36(16-18-41-25-38-11-6-8-13-45(38)57(41)52(43)61)27-47(33)64-31-34-22-35(24-40(23-34)56-51(60)30-54(2,3)67-66-20-10-15-50(59)55-4)32-65-49-28-37-17-19-42-26-39-12-7-9-14-46(39)58(42)53(62)44(37)29-48(49)63-5/h6-9,11-14,21-24,27-29,41-42H,10,15-20,25-26,30-32H2,1-5H3,(H,55,59)(H,56,60)/t41-,42-/m1/s1. The highest BCUT2D eigenvalue weighted by molar-refractivity contribution is 8.77. The maximum absolute atomic E-state index is 14.1. The number of benzene rings is 5. The van der Waals surface area contributed by atoms with E-state index in [-0.39, 0.29) is 60.1 Å². The molecule has 5 aromatic rings. The van der Waals surface area contributed by atoms with Crippen LogP contribution in [-0.2, 0) is 48.5 Å². The number of hydrogen-bond acceptors (Lipinski definition) is 9. The summed E-state index contributed by atoms with van der Waals surface area (Å²) in [6, 6.07) is 30.2. The fraction of sp³-hybridized carbons (Fsp3) is 0.370. The maximum Gasteiger partial charge on any atom is 0.258 e. The smallest absolute Gasteiger partial charge is 0.258 e. The Morgan fingerprint density at radius 3 is 1.88 bits per heavy atom. The van der Waals surface area contributed by atoms with E-state index in [1.54, 1.807) is 35.7 Å². The monoisotopic (exact) mass is 938 g/mol. The molecule has 0 fully saturated rings. The van der Waals surface area contributed by atoms with Gasteiger partial charge in [0.05, 0.1) is 7.11 Å². The number of rotatable bonds is 16. The lowest BCUT2D eigenvalue weighted by molar-refractivity contribution is -0.120. The molecule has 0 radical (unpaired) electrons. The summed E-state index contributed by atoms with van der Waals surface area (Å²) in [6.07, 6.45) is 6.42. The molecule has 4 aliphatic rings. The molecule has 2 atom stereocenters. The number of hydrogen-bond donors (Lipinski definition) is 2. The average molecular weight is 939 g/mol. The lowest BCUT2D eigenvalue weighted by atomic mass is 9.98. The Hall–Kier alpha value is -5.92. The summed E-state index contributed by atoms with van der Waals surface area (Å²) < 4.78 is 18.6. The minimum atomic E-state index is -0.361. The van der Waals surface area contributed by atoms with Crippen molar-refractivity contribution in [3.05, 3.63) is 141 Å². The van der Waals surface area contributed by atoms with Gasteiger partial charge in [-0.2, -0.15) is 0 Å². The zero-order valence-corrected chi connectivity index (χ0v) is 40.5. The van der Waals surface area contributed by atoms with E-state index in [1.165, 1.54) is 11.1 Å². The van der Waals surface area contributed by atoms with Gasteiger partial charge in [0.15, 0.2) is 11.5 Å². The molecule has 4 amide bonds. The molecule has 0 saturated carbocycles. The van der Waals surface area contributed by atoms with Crippen LogP contribution in [0.2, 0.25) is 0 Å². The van der Waals surface area contributed by atoms with Crippen LogP contribution >= 0.6 is 21.6 Å². The minimum absolute atomic E-state index is 0.0241. The highest BCUT2D eigenvalue weighted by Crippen LogP contribution is 2.43. The maximum atomic E-state index is 14.1. The van der Waals surface area contributed by atoms with E-state index < -0.39 is 0 Å². The summed E-state index contributed by atoms with van der Waals surface area (Å²) in [7, 11) is 6.55. The Bertz CT molecular complexity index is 2740. The first-order valence-corrected chi connectivity index (χ1v) is 25.6. The third kappa shape index (κ3) is 10.0. The summed E-state index contributed by atoms with van der Waals surface area (Å²) in [5, 5.41) is 5.82. The van der Waals surface area contributed by atoms with Crippen molar-refractivity contribution in [2.45, 2.75) is 109 Å². The van der Waals surface area contributed by atoms with Crippen molar-refractivity contribution in [2.75, 3.05) is 35.0 Å². The molecule has 9 rings (SSSR count). The Morgan fingerprint density at radius 2 is 1.28 bits per heavy atom. The molecule has 0 spiro atoms. The number of anilines is 3. The van der Waals surface area contributed by atoms with Gasteiger partial charge in [-0.05, 0) is 159 Å². The van der Waals surface area contributed by atoms with Gasteiger partial charge in [0.25, 0.3) is 11.8 Å². The molecule has 11 nitrogen and oxygen atoms in total. The fourth-order valence-electron chi connectivity index (χ4n) is 9.97. The zero-order chi connectivity index (χ0) is 46.8. The summed E-state index contributed by atoms with van der Waals surface area (Å²) in [6.45, 7) is 6.46. The molecule has 0 bridgehead atoms. The number of methoxy groups -OCH3 is 1. The number of carbonyl (C=O) groups excluding carboxylic acids is 4. The normalized spacial score (nSPS) is 17.0. The van der Waals surface area contributed by atoms with Crippen LogP contribution in [-0.4, -0.2) is 60.4 Å². The van der Waals surface area contributed by atoms with Gasteiger partial charge in [0.2, 0.25) is 11.8 Å². The van der Waals surface area contributed by atoms with Crippen LogP contribution in [0.4, 0.5) is 17.1 Å². The first-order chi connectivity index (χ1) is 32.4. The number of aryl methyl sites for hydroxylation is 3. The SMILES string of the molecule is CNC(=O)CCCSSC(C)(C)CC(=O)Nc1cc(COc2cc3c(cc2C)C(=O)N2c4ccccc4C[C@H]2CC3)cc(COc2cc3c(cc2OC)C(=O)N2c4ccccc4C[C@H]2CC3)c1. The Labute approximate surface area is 401 Å². The van der Waals surface area contributed by atoms with Gasteiger partial charge in [-0.25, -0.2) is 0 Å². The second-order valence-electron chi connectivity index (χ2n) is 18.6. The van der Waals surface area contributed by atoms with Gasteiger partial charge in [-0.1, -0.05) is 58.0 Å². The molecule has 0 aliphatic carbocycles. The molecule has 2 N–H and O–H groups in total. The molecular formula is C54H58N4O7S2. The molecule has 0 aromatic heterocycles. The highest BCUT2D eigenvalue weighted by Gasteiger charge is 2.39. The van der Waals surface area contributed by atoms with E-state index >= 15 is 0 Å². The predicted octanol–water partition coefficient (Wildman–Crippen LogP) is 10.2. The Balaban J connectivity index is 0.935. The molecule has 4 heterocycles. The van der Waals surface area contributed by atoms with Crippen LogP contribution in [0.1, 0.15) is 106 Å². The first kappa shape index (κ1) is 46.2. The first-order valence-electron chi connectivity index (χ1n) is 23.2. The fourth-order valence-corrected chi connectivity index (χ4v) is 12.6. The average Bonchev–Trinajstić information content (AvgIpc) is 3.81. The van der Waals surface area contributed by atoms with Crippen LogP contribution in [0, 0.1) is 6.92 Å². The molecule has 348 valence electrons. The molecule has 0 saturated heterocycles. The molecular weight excluding hydrogens is 881 g/mol. The quantitative estimate of drug-likeness (QED) is 0.0735. The zero-order valence-electron chi connectivity index (χ0n) is 38.9. The summed E-state index contributed by atoms with van der Waals surface area (Å²) in [4.78, 5) is 57.5. The van der Waals surface area contributed by atoms with E-state index in [1.807, 2.05) is 95.6 Å². The van der Waals surface area contributed by atoms with Crippen molar-refractivity contribution in [3.8, 4) is 17.2 Å². The number of amides is 4. The van der Waals surface area contributed by atoms with Crippen molar-refractivity contribution >= 4 is 62.3 Å². The van der Waals surface area contributed by atoms with Gasteiger partial charge in [0, 0.05) is 70.7 Å². The van der Waals surface area contributed by atoms with E-state index in [4.69, 9.17) is 14.2 Å². The predicted molar refractivity (Wildman–Crippen MR) is 268 cm³/mol. The molecule has 4 aliphatic heterocycles.